The molecular formula is C11H16ClN3O2. The SMILES string of the molecule is CC(O)CNC(=O)c1cc(Cl)nc(N(C)C)c1. The third kappa shape index (κ3) is 4.20. The summed E-state index contributed by atoms with van der Waals surface area (Å²) in [5.74, 6) is 0.331. The Bertz CT molecular complexity index is 408. The number of carbonyl (C=O) groups is 1. The van der Waals surface area contributed by atoms with Crippen LogP contribution in [0.25, 0.3) is 0 Å². The van der Waals surface area contributed by atoms with Crippen molar-refractivity contribution < 1.29 is 9.90 Å². The molecule has 2 N–H and O–H groups in total. The quantitative estimate of drug-likeness (QED) is 0.787. The predicted molar refractivity (Wildman–Crippen MR) is 67.6 cm³/mol. The first kappa shape index (κ1) is 13.7. The fourth-order valence-electron chi connectivity index (χ4n) is 1.19. The van der Waals surface area contributed by atoms with Crippen LogP contribution in [0.5, 0.6) is 0 Å². The van der Waals surface area contributed by atoms with Crippen molar-refractivity contribution in [3.05, 3.63) is 22.8 Å². The molecular weight excluding hydrogens is 242 g/mol. The molecule has 0 bridgehead atoms. The molecule has 1 amide bonds. The Hall–Kier alpha value is -1.33. The van der Waals surface area contributed by atoms with Gasteiger partial charge in [0.15, 0.2) is 0 Å². The molecule has 1 atom stereocenters. The molecule has 1 aromatic heterocycles. The molecule has 1 aromatic rings. The minimum Gasteiger partial charge on any atom is -0.392 e. The van der Waals surface area contributed by atoms with E-state index in [9.17, 15) is 4.79 Å². The summed E-state index contributed by atoms with van der Waals surface area (Å²) >= 11 is 5.83. The van der Waals surface area contributed by atoms with Crippen molar-refractivity contribution in [3.63, 3.8) is 0 Å². The zero-order chi connectivity index (χ0) is 13.0. The Labute approximate surface area is 105 Å². The van der Waals surface area contributed by atoms with E-state index in [1.807, 2.05) is 14.1 Å². The van der Waals surface area contributed by atoms with Gasteiger partial charge in [0, 0.05) is 26.2 Å². The molecule has 17 heavy (non-hydrogen) atoms. The van der Waals surface area contributed by atoms with Crippen LogP contribution in [0.15, 0.2) is 12.1 Å². The van der Waals surface area contributed by atoms with Gasteiger partial charge < -0.3 is 15.3 Å². The Morgan fingerprint density at radius 1 is 1.59 bits per heavy atom. The van der Waals surface area contributed by atoms with E-state index in [0.29, 0.717) is 11.4 Å². The van der Waals surface area contributed by atoms with E-state index in [4.69, 9.17) is 16.7 Å². The van der Waals surface area contributed by atoms with E-state index in [-0.39, 0.29) is 17.6 Å². The van der Waals surface area contributed by atoms with Crippen LogP contribution in [0.2, 0.25) is 5.15 Å². The lowest BCUT2D eigenvalue weighted by atomic mass is 10.2. The smallest absolute Gasteiger partial charge is 0.251 e. The van der Waals surface area contributed by atoms with Crippen molar-refractivity contribution in [2.45, 2.75) is 13.0 Å². The van der Waals surface area contributed by atoms with Crippen LogP contribution in [0.4, 0.5) is 5.82 Å². The number of amides is 1. The number of halogens is 1. The number of rotatable bonds is 4. The van der Waals surface area contributed by atoms with Gasteiger partial charge in [-0.25, -0.2) is 4.98 Å². The van der Waals surface area contributed by atoms with Crippen molar-refractivity contribution in [2.24, 2.45) is 0 Å². The van der Waals surface area contributed by atoms with Crippen LogP contribution >= 0.6 is 11.6 Å². The number of nitrogens with zero attached hydrogens (tertiary/aromatic N) is 2. The van der Waals surface area contributed by atoms with Gasteiger partial charge >= 0.3 is 0 Å². The van der Waals surface area contributed by atoms with Gasteiger partial charge in [-0.15, -0.1) is 0 Å². The summed E-state index contributed by atoms with van der Waals surface area (Å²) in [6.45, 7) is 1.81. The van der Waals surface area contributed by atoms with Crippen LogP contribution in [-0.4, -0.2) is 42.7 Å². The van der Waals surface area contributed by atoms with Crippen molar-refractivity contribution in [1.82, 2.24) is 10.3 Å². The highest BCUT2D eigenvalue weighted by Crippen LogP contribution is 2.16. The molecule has 0 saturated heterocycles. The number of aromatic nitrogens is 1. The van der Waals surface area contributed by atoms with E-state index in [2.05, 4.69) is 10.3 Å². The van der Waals surface area contributed by atoms with E-state index in [0.717, 1.165) is 0 Å². The Kier molecular flexibility index (Phi) is 4.72. The molecule has 0 radical (unpaired) electrons. The minimum absolute atomic E-state index is 0.204. The fourth-order valence-corrected chi connectivity index (χ4v) is 1.39. The second-order valence-electron chi connectivity index (χ2n) is 3.99. The Morgan fingerprint density at radius 3 is 2.76 bits per heavy atom. The van der Waals surface area contributed by atoms with E-state index in [1.165, 1.54) is 6.07 Å². The number of hydrogen-bond donors (Lipinski definition) is 2. The summed E-state index contributed by atoms with van der Waals surface area (Å²) in [5, 5.41) is 11.9. The normalized spacial score (nSPS) is 12.1. The van der Waals surface area contributed by atoms with Crippen LogP contribution in [-0.2, 0) is 0 Å². The number of pyridine rings is 1. The van der Waals surface area contributed by atoms with Crippen molar-refractivity contribution >= 4 is 23.3 Å². The Balaban J connectivity index is 2.86. The minimum atomic E-state index is -0.579. The van der Waals surface area contributed by atoms with Gasteiger partial charge in [0.1, 0.15) is 11.0 Å². The zero-order valence-electron chi connectivity index (χ0n) is 10.1. The lowest BCUT2D eigenvalue weighted by Gasteiger charge is -2.13. The molecule has 5 nitrogen and oxygen atoms in total. The van der Waals surface area contributed by atoms with Gasteiger partial charge in [-0.2, -0.15) is 0 Å². The van der Waals surface area contributed by atoms with Gasteiger partial charge in [-0.05, 0) is 19.1 Å². The summed E-state index contributed by atoms with van der Waals surface area (Å²) in [6, 6.07) is 3.13. The average Bonchev–Trinajstić information content (AvgIpc) is 2.24. The average molecular weight is 258 g/mol. The van der Waals surface area contributed by atoms with Crippen LogP contribution in [0.1, 0.15) is 17.3 Å². The lowest BCUT2D eigenvalue weighted by Crippen LogP contribution is -2.30. The third-order valence-electron chi connectivity index (χ3n) is 2.06. The first-order valence-corrected chi connectivity index (χ1v) is 5.59. The molecule has 1 unspecified atom stereocenters. The van der Waals surface area contributed by atoms with Crippen LogP contribution in [0.3, 0.4) is 0 Å². The van der Waals surface area contributed by atoms with E-state index in [1.54, 1.807) is 17.9 Å². The second kappa shape index (κ2) is 5.84. The number of aliphatic hydroxyl groups is 1. The number of carbonyl (C=O) groups excluding carboxylic acids is 1. The largest absolute Gasteiger partial charge is 0.392 e. The van der Waals surface area contributed by atoms with Crippen molar-refractivity contribution in [1.29, 1.82) is 0 Å². The summed E-state index contributed by atoms with van der Waals surface area (Å²) in [5.41, 5.74) is 0.425. The molecule has 0 aliphatic rings. The summed E-state index contributed by atoms with van der Waals surface area (Å²) in [7, 11) is 3.63. The molecule has 0 fully saturated rings. The highest BCUT2D eigenvalue weighted by atomic mass is 35.5. The van der Waals surface area contributed by atoms with Crippen LogP contribution < -0.4 is 10.2 Å². The fraction of sp³-hybridized carbons (Fsp3) is 0.455. The topological polar surface area (TPSA) is 65.5 Å². The van der Waals surface area contributed by atoms with E-state index >= 15 is 0 Å². The van der Waals surface area contributed by atoms with Crippen molar-refractivity contribution in [2.75, 3.05) is 25.5 Å². The molecule has 1 heterocycles. The highest BCUT2D eigenvalue weighted by Gasteiger charge is 2.10. The molecule has 94 valence electrons. The molecule has 6 heteroatoms. The van der Waals surface area contributed by atoms with Gasteiger partial charge in [-0.1, -0.05) is 11.6 Å². The molecule has 0 aliphatic carbocycles. The maximum atomic E-state index is 11.7. The first-order valence-electron chi connectivity index (χ1n) is 5.21. The number of nitrogens with one attached hydrogen (secondary N) is 1. The van der Waals surface area contributed by atoms with Crippen LogP contribution in [0, 0.1) is 0 Å². The van der Waals surface area contributed by atoms with Crippen molar-refractivity contribution in [3.8, 4) is 0 Å². The number of anilines is 1. The van der Waals surface area contributed by atoms with Gasteiger partial charge in [0.2, 0.25) is 0 Å². The maximum absolute atomic E-state index is 11.7. The predicted octanol–water partition coefficient (Wildman–Crippen LogP) is 0.912. The summed E-state index contributed by atoms with van der Waals surface area (Å²) in [6.07, 6.45) is -0.579. The molecule has 1 rings (SSSR count). The molecule has 0 aliphatic heterocycles. The first-order chi connectivity index (χ1) is 7.90. The maximum Gasteiger partial charge on any atom is 0.251 e. The lowest BCUT2D eigenvalue weighted by molar-refractivity contribution is 0.0924. The highest BCUT2D eigenvalue weighted by molar-refractivity contribution is 6.29. The Morgan fingerprint density at radius 2 is 2.24 bits per heavy atom. The standard InChI is InChI=1S/C11H16ClN3O2/c1-7(16)6-13-11(17)8-4-9(12)14-10(5-8)15(2)3/h4-5,7,16H,6H2,1-3H3,(H,13,17). The van der Waals surface area contributed by atoms with Gasteiger partial charge in [0.25, 0.3) is 5.91 Å². The zero-order valence-corrected chi connectivity index (χ0v) is 10.8. The third-order valence-corrected chi connectivity index (χ3v) is 2.25. The molecule has 0 spiro atoms. The van der Waals surface area contributed by atoms with E-state index < -0.39 is 6.10 Å². The van der Waals surface area contributed by atoms with Gasteiger partial charge in [-0.3, -0.25) is 4.79 Å². The number of aliphatic hydroxyl groups excluding tert-OH is 1. The summed E-state index contributed by atoms with van der Waals surface area (Å²) in [4.78, 5) is 17.6. The monoisotopic (exact) mass is 257 g/mol. The molecule has 0 saturated carbocycles. The number of hydrogen-bond acceptors (Lipinski definition) is 4. The second-order valence-corrected chi connectivity index (χ2v) is 4.38. The summed E-state index contributed by atoms with van der Waals surface area (Å²) < 4.78 is 0. The van der Waals surface area contributed by atoms with Gasteiger partial charge in [0.05, 0.1) is 6.10 Å². The molecule has 0 aromatic carbocycles.